The molecule has 0 aromatic heterocycles. The Labute approximate surface area is 124 Å². The Bertz CT molecular complexity index is 432. The van der Waals surface area contributed by atoms with Gasteiger partial charge in [0.1, 0.15) is 0 Å². The van der Waals surface area contributed by atoms with Crippen molar-refractivity contribution in [3.05, 3.63) is 34.3 Å². The lowest BCUT2D eigenvalue weighted by molar-refractivity contribution is -0.128. The van der Waals surface area contributed by atoms with E-state index in [-0.39, 0.29) is 11.9 Å². The van der Waals surface area contributed by atoms with Crippen molar-refractivity contribution in [3.63, 3.8) is 0 Å². The van der Waals surface area contributed by atoms with Gasteiger partial charge >= 0.3 is 0 Å². The van der Waals surface area contributed by atoms with Gasteiger partial charge in [0.15, 0.2) is 0 Å². The number of benzene rings is 1. The number of hydrogen-bond acceptors (Lipinski definition) is 2. The molecule has 1 amide bonds. The normalized spacial score (nSPS) is 13.1. The Morgan fingerprint density at radius 2 is 2.11 bits per heavy atom. The smallest absolute Gasteiger partial charge is 0.226 e. The van der Waals surface area contributed by atoms with E-state index in [0.29, 0.717) is 6.54 Å². The summed E-state index contributed by atoms with van der Waals surface area (Å²) in [7, 11) is 1.68. The summed E-state index contributed by atoms with van der Waals surface area (Å²) in [4.78, 5) is 11.8. The molecule has 0 aliphatic heterocycles. The van der Waals surface area contributed by atoms with Gasteiger partial charge in [-0.3, -0.25) is 4.79 Å². The highest BCUT2D eigenvalue weighted by Crippen LogP contribution is 2.22. The minimum atomic E-state index is -0.409. The molecule has 0 aliphatic rings. The Morgan fingerprint density at radius 1 is 1.42 bits per heavy atom. The van der Waals surface area contributed by atoms with E-state index in [9.17, 15) is 4.79 Å². The highest BCUT2D eigenvalue weighted by molar-refractivity contribution is 9.10. The fourth-order valence-corrected chi connectivity index (χ4v) is 2.44. The van der Waals surface area contributed by atoms with Gasteiger partial charge in [0.25, 0.3) is 0 Å². The van der Waals surface area contributed by atoms with Gasteiger partial charge in [-0.2, -0.15) is 0 Å². The monoisotopic (exact) mass is 326 g/mol. The van der Waals surface area contributed by atoms with Gasteiger partial charge in [-0.25, -0.2) is 0 Å². The molecule has 0 fully saturated rings. The SMILES string of the molecule is CCC(NCC(C)(C)C(=O)NC)c1cccc(Br)c1. The Morgan fingerprint density at radius 3 is 2.63 bits per heavy atom. The zero-order chi connectivity index (χ0) is 14.5. The topological polar surface area (TPSA) is 41.1 Å². The highest BCUT2D eigenvalue weighted by Gasteiger charge is 2.27. The second-order valence-electron chi connectivity index (χ2n) is 5.36. The molecular formula is C15H23BrN2O. The number of carbonyl (C=O) groups excluding carboxylic acids is 1. The van der Waals surface area contributed by atoms with Gasteiger partial charge in [0.05, 0.1) is 5.41 Å². The predicted octanol–water partition coefficient (Wildman–Crippen LogP) is 3.26. The zero-order valence-electron chi connectivity index (χ0n) is 12.1. The molecule has 0 aliphatic carbocycles. The number of hydrogen-bond donors (Lipinski definition) is 2. The second-order valence-corrected chi connectivity index (χ2v) is 6.28. The van der Waals surface area contributed by atoms with E-state index >= 15 is 0 Å². The van der Waals surface area contributed by atoms with Crippen LogP contribution in [0, 0.1) is 5.41 Å². The van der Waals surface area contributed by atoms with Crippen molar-refractivity contribution in [2.45, 2.75) is 33.2 Å². The van der Waals surface area contributed by atoms with Crippen molar-refractivity contribution in [1.82, 2.24) is 10.6 Å². The van der Waals surface area contributed by atoms with Crippen molar-refractivity contribution in [2.75, 3.05) is 13.6 Å². The van der Waals surface area contributed by atoms with Crippen molar-refractivity contribution >= 4 is 21.8 Å². The van der Waals surface area contributed by atoms with E-state index in [0.717, 1.165) is 10.9 Å². The summed E-state index contributed by atoms with van der Waals surface area (Å²) in [5.74, 6) is 0.0593. The first kappa shape index (κ1) is 16.2. The fraction of sp³-hybridized carbons (Fsp3) is 0.533. The van der Waals surface area contributed by atoms with Crippen LogP contribution in [0.2, 0.25) is 0 Å². The molecule has 1 aromatic carbocycles. The summed E-state index contributed by atoms with van der Waals surface area (Å²) in [6.45, 7) is 6.70. The van der Waals surface area contributed by atoms with Crippen LogP contribution in [0.1, 0.15) is 38.8 Å². The zero-order valence-corrected chi connectivity index (χ0v) is 13.7. The van der Waals surface area contributed by atoms with Gasteiger partial charge < -0.3 is 10.6 Å². The summed E-state index contributed by atoms with van der Waals surface area (Å²) in [5, 5.41) is 6.20. The molecule has 19 heavy (non-hydrogen) atoms. The lowest BCUT2D eigenvalue weighted by Crippen LogP contribution is -2.42. The molecule has 0 radical (unpaired) electrons. The summed E-state index contributed by atoms with van der Waals surface area (Å²) >= 11 is 3.49. The molecule has 1 aromatic rings. The molecule has 3 nitrogen and oxygen atoms in total. The Hall–Kier alpha value is -0.870. The number of carbonyl (C=O) groups is 1. The molecule has 0 saturated heterocycles. The molecule has 1 unspecified atom stereocenters. The van der Waals surface area contributed by atoms with E-state index in [1.807, 2.05) is 26.0 Å². The van der Waals surface area contributed by atoms with Crippen molar-refractivity contribution in [3.8, 4) is 0 Å². The molecule has 1 rings (SSSR count). The maximum absolute atomic E-state index is 11.8. The van der Waals surface area contributed by atoms with Crippen LogP contribution in [-0.2, 0) is 4.79 Å². The van der Waals surface area contributed by atoms with E-state index < -0.39 is 5.41 Å². The molecule has 4 heteroatoms. The lowest BCUT2D eigenvalue weighted by atomic mass is 9.91. The Kier molecular flexibility index (Phi) is 6.01. The predicted molar refractivity (Wildman–Crippen MR) is 83.0 cm³/mol. The number of nitrogens with one attached hydrogen (secondary N) is 2. The van der Waals surface area contributed by atoms with Crippen LogP contribution in [0.25, 0.3) is 0 Å². The Balaban J connectivity index is 2.71. The van der Waals surface area contributed by atoms with Crippen LogP contribution in [0.4, 0.5) is 0 Å². The third-order valence-corrected chi connectivity index (χ3v) is 3.78. The number of halogens is 1. The van der Waals surface area contributed by atoms with Crippen LogP contribution in [0.3, 0.4) is 0 Å². The van der Waals surface area contributed by atoms with Crippen molar-refractivity contribution in [1.29, 1.82) is 0 Å². The average Bonchev–Trinajstić information content (AvgIpc) is 2.38. The summed E-state index contributed by atoms with van der Waals surface area (Å²) in [6, 6.07) is 8.55. The number of amides is 1. The first-order chi connectivity index (χ1) is 8.90. The van der Waals surface area contributed by atoms with Gasteiger partial charge in [-0.1, -0.05) is 35.0 Å². The lowest BCUT2D eigenvalue weighted by Gasteiger charge is -2.26. The number of rotatable bonds is 6. The second kappa shape index (κ2) is 7.06. The van der Waals surface area contributed by atoms with Gasteiger partial charge in [-0.05, 0) is 38.0 Å². The maximum atomic E-state index is 11.8. The first-order valence-electron chi connectivity index (χ1n) is 6.61. The van der Waals surface area contributed by atoms with E-state index in [1.165, 1.54) is 5.56 Å². The minimum Gasteiger partial charge on any atom is -0.359 e. The molecule has 0 bridgehead atoms. The molecule has 0 spiro atoms. The summed E-state index contributed by atoms with van der Waals surface area (Å²) in [6.07, 6.45) is 0.986. The quantitative estimate of drug-likeness (QED) is 0.842. The average molecular weight is 327 g/mol. The largest absolute Gasteiger partial charge is 0.359 e. The van der Waals surface area contributed by atoms with E-state index in [4.69, 9.17) is 0 Å². The highest BCUT2D eigenvalue weighted by atomic mass is 79.9. The fourth-order valence-electron chi connectivity index (χ4n) is 2.02. The van der Waals surface area contributed by atoms with Gasteiger partial charge in [0.2, 0.25) is 5.91 Å². The van der Waals surface area contributed by atoms with E-state index in [2.05, 4.69) is 45.6 Å². The van der Waals surface area contributed by atoms with Crippen LogP contribution in [0.5, 0.6) is 0 Å². The van der Waals surface area contributed by atoms with Crippen LogP contribution in [0.15, 0.2) is 28.7 Å². The van der Waals surface area contributed by atoms with Crippen molar-refractivity contribution in [2.24, 2.45) is 5.41 Å². The summed E-state index contributed by atoms with van der Waals surface area (Å²) < 4.78 is 1.08. The van der Waals surface area contributed by atoms with Crippen LogP contribution in [-0.4, -0.2) is 19.5 Å². The van der Waals surface area contributed by atoms with E-state index in [1.54, 1.807) is 7.05 Å². The van der Waals surface area contributed by atoms with Crippen LogP contribution < -0.4 is 10.6 Å². The minimum absolute atomic E-state index is 0.0593. The van der Waals surface area contributed by atoms with Gasteiger partial charge in [0, 0.05) is 24.1 Å². The summed E-state index contributed by atoms with van der Waals surface area (Å²) in [5.41, 5.74) is 0.832. The molecule has 2 N–H and O–H groups in total. The molecule has 0 heterocycles. The van der Waals surface area contributed by atoms with Crippen molar-refractivity contribution < 1.29 is 4.79 Å². The molecular weight excluding hydrogens is 304 g/mol. The third-order valence-electron chi connectivity index (χ3n) is 3.29. The molecule has 106 valence electrons. The third kappa shape index (κ3) is 4.62. The molecule has 1 atom stereocenters. The maximum Gasteiger partial charge on any atom is 0.226 e. The molecule has 0 saturated carbocycles. The van der Waals surface area contributed by atoms with Crippen LogP contribution >= 0.6 is 15.9 Å². The first-order valence-corrected chi connectivity index (χ1v) is 7.41. The standard InChI is InChI=1S/C15H23BrN2O/c1-5-13(11-7-6-8-12(16)9-11)18-10-15(2,3)14(19)17-4/h6-9,13,18H,5,10H2,1-4H3,(H,17,19). The van der Waals surface area contributed by atoms with Gasteiger partial charge in [-0.15, -0.1) is 0 Å².